The second-order valence-electron chi connectivity index (χ2n) is 7.24. The highest BCUT2D eigenvalue weighted by Crippen LogP contribution is 2.32. The van der Waals surface area contributed by atoms with Crippen molar-refractivity contribution >= 4 is 5.91 Å². The molecular formula is C19H29N5O2. The van der Waals surface area contributed by atoms with Gasteiger partial charge in [0.15, 0.2) is 0 Å². The number of aryl methyl sites for hydroxylation is 3. The topological polar surface area (TPSA) is 77.1 Å². The molecule has 0 spiro atoms. The maximum atomic E-state index is 12.9. The standard InChI is InChI=1S/C19H29N5O2/c1-6-17-20-21-19(26-17)16-8-7-11-24(14(16)4)18(25)10-9-15-12(2)22-23(5)13(15)3/h14,16H,6-11H2,1-5H3/t14-,16-/m0/s1. The van der Waals surface area contributed by atoms with Crippen LogP contribution in [-0.2, 0) is 24.7 Å². The van der Waals surface area contributed by atoms with Crippen LogP contribution in [0.25, 0.3) is 0 Å². The smallest absolute Gasteiger partial charge is 0.223 e. The van der Waals surface area contributed by atoms with Gasteiger partial charge in [-0.15, -0.1) is 10.2 Å². The zero-order valence-corrected chi connectivity index (χ0v) is 16.4. The molecule has 1 aliphatic rings. The van der Waals surface area contributed by atoms with Crippen LogP contribution in [0.2, 0.25) is 0 Å². The quantitative estimate of drug-likeness (QED) is 0.820. The van der Waals surface area contributed by atoms with Crippen LogP contribution >= 0.6 is 0 Å². The van der Waals surface area contributed by atoms with Crippen molar-refractivity contribution in [1.29, 1.82) is 0 Å². The number of carbonyl (C=O) groups excluding carboxylic acids is 1. The number of hydrogen-bond donors (Lipinski definition) is 0. The lowest BCUT2D eigenvalue weighted by molar-refractivity contribution is -0.135. The van der Waals surface area contributed by atoms with Crippen LogP contribution in [0.15, 0.2) is 4.42 Å². The number of piperidine rings is 1. The fourth-order valence-corrected chi connectivity index (χ4v) is 3.94. The molecule has 0 bridgehead atoms. The van der Waals surface area contributed by atoms with Crippen molar-refractivity contribution in [2.24, 2.45) is 7.05 Å². The molecule has 2 aromatic heterocycles. The Balaban J connectivity index is 1.66. The fraction of sp³-hybridized carbons (Fsp3) is 0.684. The summed E-state index contributed by atoms with van der Waals surface area (Å²) in [5.74, 6) is 1.66. The van der Waals surface area contributed by atoms with Gasteiger partial charge in [-0.1, -0.05) is 6.92 Å². The van der Waals surface area contributed by atoms with E-state index in [-0.39, 0.29) is 17.9 Å². The van der Waals surface area contributed by atoms with Crippen LogP contribution in [-0.4, -0.2) is 43.4 Å². The van der Waals surface area contributed by atoms with Gasteiger partial charge < -0.3 is 9.32 Å². The number of carbonyl (C=O) groups is 1. The van der Waals surface area contributed by atoms with E-state index >= 15 is 0 Å². The molecule has 3 heterocycles. The summed E-state index contributed by atoms with van der Waals surface area (Å²) in [4.78, 5) is 14.9. The Labute approximate surface area is 154 Å². The van der Waals surface area contributed by atoms with E-state index in [4.69, 9.17) is 4.42 Å². The van der Waals surface area contributed by atoms with E-state index in [2.05, 4.69) is 29.1 Å². The number of hydrogen-bond acceptors (Lipinski definition) is 5. The van der Waals surface area contributed by atoms with E-state index in [1.165, 1.54) is 5.56 Å². The van der Waals surface area contributed by atoms with E-state index in [1.807, 2.05) is 30.5 Å². The SMILES string of the molecule is CCc1nnc([C@H]2CCCN(C(=O)CCc3c(C)nn(C)c3C)[C@H]2C)o1. The molecule has 0 unspecified atom stereocenters. The molecule has 0 radical (unpaired) electrons. The van der Waals surface area contributed by atoms with Crippen LogP contribution in [0.3, 0.4) is 0 Å². The first-order valence-corrected chi connectivity index (χ1v) is 9.53. The van der Waals surface area contributed by atoms with Crippen LogP contribution in [0.1, 0.15) is 67.8 Å². The molecule has 2 atom stereocenters. The molecule has 1 amide bonds. The number of amides is 1. The van der Waals surface area contributed by atoms with Gasteiger partial charge in [-0.3, -0.25) is 9.48 Å². The predicted octanol–water partition coefficient (Wildman–Crippen LogP) is 2.71. The van der Waals surface area contributed by atoms with Gasteiger partial charge in [0.05, 0.1) is 11.6 Å². The van der Waals surface area contributed by atoms with Crippen molar-refractivity contribution in [1.82, 2.24) is 24.9 Å². The predicted molar refractivity (Wildman–Crippen MR) is 97.8 cm³/mol. The summed E-state index contributed by atoms with van der Waals surface area (Å²) in [6.07, 6.45) is 3.93. The van der Waals surface area contributed by atoms with Crippen molar-refractivity contribution in [2.75, 3.05) is 6.54 Å². The Hall–Kier alpha value is -2.18. The minimum atomic E-state index is 0.0810. The van der Waals surface area contributed by atoms with E-state index in [1.54, 1.807) is 0 Å². The highest BCUT2D eigenvalue weighted by Gasteiger charge is 2.35. The van der Waals surface area contributed by atoms with Crippen molar-refractivity contribution in [3.8, 4) is 0 Å². The normalized spacial score (nSPS) is 20.6. The van der Waals surface area contributed by atoms with Gasteiger partial charge >= 0.3 is 0 Å². The van der Waals surface area contributed by atoms with Gasteiger partial charge in [0, 0.05) is 38.2 Å². The number of aromatic nitrogens is 4. The van der Waals surface area contributed by atoms with Crippen molar-refractivity contribution in [2.45, 2.75) is 71.8 Å². The highest BCUT2D eigenvalue weighted by atomic mass is 16.4. The molecule has 0 N–H and O–H groups in total. The summed E-state index contributed by atoms with van der Waals surface area (Å²) in [6, 6.07) is 0.0810. The number of likely N-dealkylation sites (tertiary alicyclic amines) is 1. The zero-order valence-electron chi connectivity index (χ0n) is 16.4. The Morgan fingerprint density at radius 2 is 2.08 bits per heavy atom. The molecule has 3 rings (SSSR count). The molecule has 142 valence electrons. The fourth-order valence-electron chi connectivity index (χ4n) is 3.94. The van der Waals surface area contributed by atoms with E-state index in [0.29, 0.717) is 18.2 Å². The Morgan fingerprint density at radius 3 is 2.69 bits per heavy atom. The molecular weight excluding hydrogens is 330 g/mol. The maximum absolute atomic E-state index is 12.9. The van der Waals surface area contributed by atoms with Crippen molar-refractivity contribution < 1.29 is 9.21 Å². The molecule has 0 saturated carbocycles. The van der Waals surface area contributed by atoms with Crippen LogP contribution in [0.4, 0.5) is 0 Å². The summed E-state index contributed by atoms with van der Waals surface area (Å²) in [5, 5.41) is 12.7. The third kappa shape index (κ3) is 3.52. The average Bonchev–Trinajstić information content (AvgIpc) is 3.18. The van der Waals surface area contributed by atoms with Crippen molar-refractivity contribution in [3.63, 3.8) is 0 Å². The molecule has 0 aliphatic carbocycles. The maximum Gasteiger partial charge on any atom is 0.223 e. The lowest BCUT2D eigenvalue weighted by Crippen LogP contribution is -2.46. The molecule has 7 nitrogen and oxygen atoms in total. The minimum Gasteiger partial charge on any atom is -0.425 e. The zero-order chi connectivity index (χ0) is 18.8. The molecule has 7 heteroatoms. The molecule has 1 saturated heterocycles. The van der Waals surface area contributed by atoms with Gasteiger partial charge in [-0.2, -0.15) is 5.10 Å². The summed E-state index contributed by atoms with van der Waals surface area (Å²) in [5.41, 5.74) is 3.34. The average molecular weight is 359 g/mol. The lowest BCUT2D eigenvalue weighted by atomic mass is 9.89. The largest absolute Gasteiger partial charge is 0.425 e. The Bertz CT molecular complexity index is 779. The third-order valence-electron chi connectivity index (χ3n) is 5.66. The van der Waals surface area contributed by atoms with Crippen LogP contribution in [0, 0.1) is 13.8 Å². The molecule has 0 aromatic carbocycles. The summed E-state index contributed by atoms with van der Waals surface area (Å²) in [7, 11) is 1.94. The number of rotatable bonds is 5. The van der Waals surface area contributed by atoms with Crippen LogP contribution in [0.5, 0.6) is 0 Å². The van der Waals surface area contributed by atoms with Crippen molar-refractivity contribution in [3.05, 3.63) is 28.7 Å². The number of nitrogens with zero attached hydrogens (tertiary/aromatic N) is 5. The monoisotopic (exact) mass is 359 g/mol. The second-order valence-corrected chi connectivity index (χ2v) is 7.24. The summed E-state index contributed by atoms with van der Waals surface area (Å²) in [6.45, 7) is 8.96. The first-order valence-electron chi connectivity index (χ1n) is 9.53. The van der Waals surface area contributed by atoms with Gasteiger partial charge in [0.25, 0.3) is 0 Å². The van der Waals surface area contributed by atoms with Gasteiger partial charge in [0.1, 0.15) is 0 Å². The Kier molecular flexibility index (Phi) is 5.44. The molecule has 26 heavy (non-hydrogen) atoms. The lowest BCUT2D eigenvalue weighted by Gasteiger charge is -2.38. The minimum absolute atomic E-state index is 0.0810. The Morgan fingerprint density at radius 1 is 1.31 bits per heavy atom. The highest BCUT2D eigenvalue weighted by molar-refractivity contribution is 5.77. The first-order chi connectivity index (χ1) is 12.4. The van der Waals surface area contributed by atoms with Gasteiger partial charge in [0.2, 0.25) is 17.7 Å². The second kappa shape index (κ2) is 7.60. The molecule has 1 aliphatic heterocycles. The van der Waals surface area contributed by atoms with E-state index in [9.17, 15) is 4.79 Å². The van der Waals surface area contributed by atoms with Gasteiger partial charge in [-0.25, -0.2) is 0 Å². The summed E-state index contributed by atoms with van der Waals surface area (Å²) < 4.78 is 7.65. The van der Waals surface area contributed by atoms with Gasteiger partial charge in [-0.05, 0) is 45.6 Å². The van der Waals surface area contributed by atoms with E-state index < -0.39 is 0 Å². The molecule has 2 aromatic rings. The first kappa shape index (κ1) is 18.6. The summed E-state index contributed by atoms with van der Waals surface area (Å²) >= 11 is 0. The van der Waals surface area contributed by atoms with E-state index in [0.717, 1.165) is 43.6 Å². The molecule has 1 fully saturated rings. The third-order valence-corrected chi connectivity index (χ3v) is 5.66. The van der Waals surface area contributed by atoms with Crippen LogP contribution < -0.4 is 0 Å².